The molecule has 0 amide bonds. The number of halogens is 3. The highest BCUT2D eigenvalue weighted by atomic mass is 19.4. The molecule has 0 heterocycles. The molecule has 0 aromatic carbocycles. The topological polar surface area (TPSA) is 26.3 Å². The van der Waals surface area contributed by atoms with Gasteiger partial charge in [-0.3, -0.25) is 4.79 Å². The quantitative estimate of drug-likeness (QED) is 0.555. The van der Waals surface area contributed by atoms with Crippen molar-refractivity contribution in [3.8, 4) is 0 Å². The van der Waals surface area contributed by atoms with Crippen molar-refractivity contribution < 1.29 is 22.5 Å². The van der Waals surface area contributed by atoms with Crippen LogP contribution in [0.25, 0.3) is 0 Å². The number of ether oxygens (including phenoxy) is 1. The number of hydrogen-bond acceptors (Lipinski definition) is 2. The van der Waals surface area contributed by atoms with Crippen LogP contribution in [-0.2, 0) is 9.53 Å². The van der Waals surface area contributed by atoms with Gasteiger partial charge in [0.1, 0.15) is 0 Å². The molecule has 0 N–H and O–H groups in total. The summed E-state index contributed by atoms with van der Waals surface area (Å²) in [7, 11) is 0. The Hall–Kier alpha value is -0.675. The minimum atomic E-state index is -4.94. The van der Waals surface area contributed by atoms with Gasteiger partial charge in [-0.1, -0.05) is 25.7 Å². The van der Waals surface area contributed by atoms with Gasteiger partial charge in [-0.25, -0.2) is 0 Å². The first-order chi connectivity index (χ1) is 7.45. The van der Waals surface area contributed by atoms with E-state index in [9.17, 15) is 17.7 Å². The van der Waals surface area contributed by atoms with Gasteiger partial charge in [0.15, 0.2) is 0 Å². The number of carbonyl (C=O) groups excluding carboxylic acids is 1. The molecular weight excluding hydrogens is 220 g/mol. The monoisotopic (exact) mass is 235 g/mol. The zero-order valence-electron chi connectivity index (χ0n) is 9.22. The number of rotatable bonds is 3. The lowest BCUT2D eigenvalue weighted by Gasteiger charge is -2.31. The molecule has 0 aromatic heterocycles. The van der Waals surface area contributed by atoms with Gasteiger partial charge in [-0.15, -0.1) is 0 Å². The molecule has 0 spiro atoms. The van der Waals surface area contributed by atoms with Crippen LogP contribution in [0.3, 0.4) is 0 Å². The van der Waals surface area contributed by atoms with Gasteiger partial charge in [0.05, 0.1) is 6.61 Å². The van der Waals surface area contributed by atoms with Crippen molar-refractivity contribution in [3.63, 3.8) is 0 Å². The minimum Gasteiger partial charge on any atom is -0.466 e. The smallest absolute Gasteiger partial charge is 0.466 e. The summed E-state index contributed by atoms with van der Waals surface area (Å²) < 4.78 is 44.0. The summed E-state index contributed by atoms with van der Waals surface area (Å²) in [5.74, 6) is -2.05. The number of esters is 1. The Morgan fingerprint density at radius 1 is 1.44 bits per heavy atom. The van der Waals surface area contributed by atoms with E-state index in [1.54, 1.807) is 6.92 Å². The lowest BCUT2D eigenvalue weighted by Crippen LogP contribution is -2.31. The van der Waals surface area contributed by atoms with Crippen LogP contribution in [0.2, 0.25) is 5.31 Å². The Morgan fingerprint density at radius 2 is 2.12 bits per heavy atom. The average Bonchev–Trinajstić information content (AvgIpc) is 2.87. The van der Waals surface area contributed by atoms with Crippen LogP contribution in [0.5, 0.6) is 0 Å². The molecule has 0 saturated heterocycles. The molecule has 0 bridgehead atoms. The fraction of sp³-hybridized carbons (Fsp3) is 0.900. The number of fused-ring (bicyclic) bond motifs is 1. The molecule has 0 aliphatic heterocycles. The van der Waals surface area contributed by atoms with E-state index in [1.165, 1.54) is 0 Å². The molecule has 0 radical (unpaired) electrons. The van der Waals surface area contributed by atoms with Crippen LogP contribution < -0.4 is 0 Å². The Balaban J connectivity index is 2.19. The molecule has 2 aliphatic carbocycles. The first-order valence-electron chi connectivity index (χ1n) is 5.81. The van der Waals surface area contributed by atoms with Crippen LogP contribution in [0.4, 0.5) is 12.9 Å². The van der Waals surface area contributed by atoms with E-state index in [-0.39, 0.29) is 13.0 Å². The second-order valence-electron chi connectivity index (χ2n) is 4.77. The first kappa shape index (κ1) is 11.8. The zero-order chi connectivity index (χ0) is 12.0. The molecule has 2 saturated carbocycles. The Labute approximate surface area is 92.6 Å². The second-order valence-corrected chi connectivity index (χ2v) is 4.77. The SMILES string of the molecule is CCOC(=O)[C@H]1C2CCCC[C@]21[B-](F)(F)F. The molecule has 2 fully saturated rings. The van der Waals surface area contributed by atoms with Crippen molar-refractivity contribution in [2.24, 2.45) is 11.8 Å². The van der Waals surface area contributed by atoms with Gasteiger partial charge in [0.25, 0.3) is 0 Å². The van der Waals surface area contributed by atoms with Gasteiger partial charge < -0.3 is 17.7 Å². The summed E-state index contributed by atoms with van der Waals surface area (Å²) in [6.07, 6.45) is 2.01. The summed E-state index contributed by atoms with van der Waals surface area (Å²) >= 11 is 0. The zero-order valence-corrected chi connectivity index (χ0v) is 9.22. The summed E-state index contributed by atoms with van der Waals surface area (Å²) in [6, 6.07) is 0. The normalized spacial score (nSPS) is 37.8. The minimum absolute atomic E-state index is 0.116. The molecule has 16 heavy (non-hydrogen) atoms. The maximum atomic E-state index is 13.1. The second kappa shape index (κ2) is 3.67. The van der Waals surface area contributed by atoms with E-state index in [0.29, 0.717) is 12.8 Å². The van der Waals surface area contributed by atoms with E-state index >= 15 is 0 Å². The van der Waals surface area contributed by atoms with Crippen LogP contribution in [-0.4, -0.2) is 19.6 Å². The third-order valence-electron chi connectivity index (χ3n) is 4.09. The third kappa shape index (κ3) is 1.45. The average molecular weight is 235 g/mol. The van der Waals surface area contributed by atoms with Crippen molar-refractivity contribution >= 4 is 12.9 Å². The summed E-state index contributed by atoms with van der Waals surface area (Å²) in [6.45, 7) is -3.16. The molecule has 0 aromatic rings. The molecule has 2 nitrogen and oxygen atoms in total. The van der Waals surface area contributed by atoms with Gasteiger partial charge >= 0.3 is 12.9 Å². The lowest BCUT2D eigenvalue weighted by atomic mass is 9.61. The molecule has 92 valence electrons. The van der Waals surface area contributed by atoms with Gasteiger partial charge in [-0.05, 0) is 18.2 Å². The Bertz CT molecular complexity index is 305. The van der Waals surface area contributed by atoms with Gasteiger partial charge in [0, 0.05) is 5.92 Å². The van der Waals surface area contributed by atoms with E-state index < -0.39 is 30.1 Å². The molecule has 3 atom stereocenters. The van der Waals surface area contributed by atoms with Crippen LogP contribution in [0, 0.1) is 11.8 Å². The summed E-state index contributed by atoms with van der Waals surface area (Å²) in [4.78, 5) is 11.5. The molecule has 1 unspecified atom stereocenters. The molecule has 6 heteroatoms. The summed E-state index contributed by atoms with van der Waals surface area (Å²) in [5.41, 5.74) is 0. The van der Waals surface area contributed by atoms with Crippen LogP contribution in [0.1, 0.15) is 32.6 Å². The standard InChI is InChI=1S/C10H15BF3O2/c1-2-16-9(15)8-7-5-3-4-6-10(7,8)11(12,13)14/h7-8H,2-6H2,1H3/q-1/t7?,8-,10+/m1/s1. The van der Waals surface area contributed by atoms with E-state index in [2.05, 4.69) is 0 Å². The van der Waals surface area contributed by atoms with Crippen molar-refractivity contribution in [3.05, 3.63) is 0 Å². The highest BCUT2D eigenvalue weighted by molar-refractivity contribution is 6.64. The molecule has 2 rings (SSSR count). The maximum Gasteiger partial charge on any atom is 0.485 e. The lowest BCUT2D eigenvalue weighted by molar-refractivity contribution is -0.145. The van der Waals surface area contributed by atoms with E-state index in [4.69, 9.17) is 4.74 Å². The summed E-state index contributed by atoms with van der Waals surface area (Å²) in [5, 5.41) is -1.69. The predicted molar refractivity (Wildman–Crippen MR) is 53.9 cm³/mol. The van der Waals surface area contributed by atoms with Crippen molar-refractivity contribution in [2.45, 2.75) is 37.9 Å². The highest BCUT2D eigenvalue weighted by Crippen LogP contribution is 2.77. The Morgan fingerprint density at radius 3 is 2.62 bits per heavy atom. The number of hydrogen-bond donors (Lipinski definition) is 0. The fourth-order valence-corrected chi connectivity index (χ4v) is 3.34. The fourth-order valence-electron chi connectivity index (χ4n) is 3.34. The van der Waals surface area contributed by atoms with Gasteiger partial charge in [0.2, 0.25) is 0 Å². The molecular formula is C10H15BF3O2-. The van der Waals surface area contributed by atoms with Crippen LogP contribution >= 0.6 is 0 Å². The molecule has 2 aliphatic rings. The largest absolute Gasteiger partial charge is 0.485 e. The van der Waals surface area contributed by atoms with Crippen LogP contribution in [0.15, 0.2) is 0 Å². The highest BCUT2D eigenvalue weighted by Gasteiger charge is 2.75. The van der Waals surface area contributed by atoms with Gasteiger partial charge in [-0.2, -0.15) is 0 Å². The van der Waals surface area contributed by atoms with Crippen molar-refractivity contribution in [1.29, 1.82) is 0 Å². The van der Waals surface area contributed by atoms with Crippen molar-refractivity contribution in [2.75, 3.05) is 6.61 Å². The predicted octanol–water partition coefficient (Wildman–Crippen LogP) is 2.96. The third-order valence-corrected chi connectivity index (χ3v) is 4.09. The maximum absolute atomic E-state index is 13.1. The van der Waals surface area contributed by atoms with E-state index in [1.807, 2.05) is 0 Å². The number of carbonyl (C=O) groups is 1. The van der Waals surface area contributed by atoms with Crippen molar-refractivity contribution in [1.82, 2.24) is 0 Å². The Kier molecular flexibility index (Phi) is 2.71. The van der Waals surface area contributed by atoms with E-state index in [0.717, 1.165) is 6.42 Å². The first-order valence-corrected chi connectivity index (χ1v) is 5.81.